The Kier molecular flexibility index (Phi) is 5.93. The molecule has 8 heavy (non-hydrogen) atoms. The van der Waals surface area contributed by atoms with Gasteiger partial charge < -0.3 is 0 Å². The molecule has 0 saturated heterocycles. The number of rotatable bonds is 2. The Morgan fingerprint density at radius 3 is 1.75 bits per heavy atom. The molecule has 50 valence electrons. The lowest BCUT2D eigenvalue weighted by atomic mass is 10.8. The summed E-state index contributed by atoms with van der Waals surface area (Å²) in [5, 5.41) is 0. The third-order valence-corrected chi connectivity index (χ3v) is 1.12. The van der Waals surface area contributed by atoms with Gasteiger partial charge in [0.2, 0.25) is 0 Å². The van der Waals surface area contributed by atoms with Crippen LogP contribution < -0.4 is 0 Å². The molecule has 0 bridgehead atoms. The first-order chi connectivity index (χ1) is 3.06. The van der Waals surface area contributed by atoms with Crippen molar-refractivity contribution in [2.24, 2.45) is 0 Å². The second-order valence-corrected chi connectivity index (χ2v) is 2.91. The molecular formula is C3H9ClO3P+. The summed E-state index contributed by atoms with van der Waals surface area (Å²) in [4.78, 5) is 24.5. The van der Waals surface area contributed by atoms with E-state index >= 15 is 0 Å². The van der Waals surface area contributed by atoms with Crippen molar-refractivity contribution in [3.63, 3.8) is 0 Å². The zero-order valence-electron chi connectivity index (χ0n) is 4.19. The van der Waals surface area contributed by atoms with E-state index in [2.05, 4.69) is 6.58 Å². The SMILES string of the molecule is C=CC[P+](O)(O)O.Cl. The van der Waals surface area contributed by atoms with Crippen molar-refractivity contribution >= 4 is 20.4 Å². The van der Waals surface area contributed by atoms with Crippen LogP contribution in [0.4, 0.5) is 0 Å². The average Bonchev–Trinajstić information content (AvgIpc) is 1.30. The molecule has 0 heterocycles. The van der Waals surface area contributed by atoms with Crippen LogP contribution in [0.3, 0.4) is 0 Å². The van der Waals surface area contributed by atoms with Crippen LogP contribution in [0.5, 0.6) is 0 Å². The maximum atomic E-state index is 8.17. The Morgan fingerprint density at radius 2 is 1.75 bits per heavy atom. The number of hydrogen-bond donors (Lipinski definition) is 3. The quantitative estimate of drug-likeness (QED) is 0.402. The molecule has 0 aromatic rings. The lowest BCUT2D eigenvalue weighted by molar-refractivity contribution is 0.335. The first-order valence-corrected chi connectivity index (χ1v) is 3.57. The summed E-state index contributed by atoms with van der Waals surface area (Å²) >= 11 is 0. The van der Waals surface area contributed by atoms with Gasteiger partial charge in [0.15, 0.2) is 6.16 Å². The lowest BCUT2D eigenvalue weighted by Gasteiger charge is -1.96. The molecule has 0 saturated carbocycles. The molecule has 5 heteroatoms. The van der Waals surface area contributed by atoms with Crippen LogP contribution in [-0.2, 0) is 0 Å². The molecule has 0 unspecified atom stereocenters. The van der Waals surface area contributed by atoms with Crippen LogP contribution in [0.1, 0.15) is 0 Å². The maximum Gasteiger partial charge on any atom is 0.407 e. The van der Waals surface area contributed by atoms with E-state index in [9.17, 15) is 0 Å². The van der Waals surface area contributed by atoms with Gasteiger partial charge in [0.1, 0.15) is 0 Å². The molecule has 0 atom stereocenters. The summed E-state index contributed by atoms with van der Waals surface area (Å²) in [6.45, 7) is 3.19. The van der Waals surface area contributed by atoms with E-state index in [1.165, 1.54) is 6.08 Å². The Hall–Kier alpha value is 0.340. The molecule has 0 fully saturated rings. The molecule has 0 rings (SSSR count). The van der Waals surface area contributed by atoms with Crippen molar-refractivity contribution < 1.29 is 14.7 Å². The average molecular weight is 160 g/mol. The van der Waals surface area contributed by atoms with Crippen LogP contribution in [0.15, 0.2) is 12.7 Å². The van der Waals surface area contributed by atoms with Crippen LogP contribution in [-0.4, -0.2) is 20.8 Å². The molecule has 0 amide bonds. The Bertz CT molecular complexity index is 69.4. The van der Waals surface area contributed by atoms with E-state index in [0.29, 0.717) is 0 Å². The third-order valence-electron chi connectivity index (χ3n) is 0.374. The van der Waals surface area contributed by atoms with Gasteiger partial charge in [-0.3, -0.25) is 0 Å². The maximum absolute atomic E-state index is 8.17. The van der Waals surface area contributed by atoms with Gasteiger partial charge in [-0.1, -0.05) is 6.58 Å². The van der Waals surface area contributed by atoms with Crippen molar-refractivity contribution in [2.45, 2.75) is 0 Å². The van der Waals surface area contributed by atoms with Gasteiger partial charge in [-0.15, -0.1) is 12.4 Å². The largest absolute Gasteiger partial charge is 0.407 e. The van der Waals surface area contributed by atoms with Gasteiger partial charge in [-0.2, -0.15) is 14.7 Å². The summed E-state index contributed by atoms with van der Waals surface area (Å²) in [6.07, 6.45) is 1.14. The summed E-state index contributed by atoms with van der Waals surface area (Å²) in [5.41, 5.74) is 0. The summed E-state index contributed by atoms with van der Waals surface area (Å²) in [7, 11) is -3.53. The number of allylic oxidation sites excluding steroid dienone is 1. The van der Waals surface area contributed by atoms with Crippen LogP contribution in [0.25, 0.3) is 0 Å². The molecule has 0 aliphatic heterocycles. The van der Waals surface area contributed by atoms with Gasteiger partial charge in [-0.05, 0) is 6.08 Å². The summed E-state index contributed by atoms with van der Waals surface area (Å²) in [6, 6.07) is 0. The predicted molar refractivity (Wildman–Crippen MR) is 35.9 cm³/mol. The van der Waals surface area contributed by atoms with E-state index in [1.54, 1.807) is 0 Å². The molecule has 3 nitrogen and oxygen atoms in total. The minimum absolute atomic E-state index is 0. The van der Waals surface area contributed by atoms with Crippen molar-refractivity contribution in [1.82, 2.24) is 0 Å². The van der Waals surface area contributed by atoms with Gasteiger partial charge in [-0.25, -0.2) is 0 Å². The van der Waals surface area contributed by atoms with Crippen molar-refractivity contribution in [1.29, 1.82) is 0 Å². The van der Waals surface area contributed by atoms with Gasteiger partial charge >= 0.3 is 7.94 Å². The first-order valence-electron chi connectivity index (χ1n) is 1.73. The normalized spacial score (nSPS) is 9.88. The standard InChI is InChI=1S/C3H8O3P.ClH/c1-2-3-7(4,5)6;/h2,4-6H,1,3H2;1H/q+1;. The van der Waals surface area contributed by atoms with Gasteiger partial charge in [0.25, 0.3) is 0 Å². The highest BCUT2D eigenvalue weighted by Gasteiger charge is 2.26. The fourth-order valence-electron chi connectivity index (χ4n) is 0.173. The van der Waals surface area contributed by atoms with E-state index in [4.69, 9.17) is 14.7 Å². The second-order valence-electron chi connectivity index (χ2n) is 1.16. The van der Waals surface area contributed by atoms with Crippen molar-refractivity contribution in [3.05, 3.63) is 12.7 Å². The molecular weight excluding hydrogens is 150 g/mol. The fraction of sp³-hybridized carbons (Fsp3) is 0.333. The highest BCUT2D eigenvalue weighted by molar-refractivity contribution is 7.58. The van der Waals surface area contributed by atoms with Gasteiger partial charge in [0.05, 0.1) is 0 Å². The number of hydrogen-bond acceptors (Lipinski definition) is 3. The van der Waals surface area contributed by atoms with Crippen LogP contribution in [0.2, 0.25) is 0 Å². The third kappa shape index (κ3) is 9.60. The van der Waals surface area contributed by atoms with Crippen molar-refractivity contribution in [2.75, 3.05) is 6.16 Å². The van der Waals surface area contributed by atoms with Crippen LogP contribution in [0, 0.1) is 0 Å². The molecule has 0 aromatic carbocycles. The fourth-order valence-corrected chi connectivity index (χ4v) is 0.520. The summed E-state index contributed by atoms with van der Waals surface area (Å²) < 4.78 is 0. The lowest BCUT2D eigenvalue weighted by Crippen LogP contribution is -1.89. The topological polar surface area (TPSA) is 60.7 Å². The highest BCUT2D eigenvalue weighted by atomic mass is 35.5. The minimum atomic E-state index is -3.53. The minimum Gasteiger partial charge on any atom is -0.193 e. The molecule has 0 aliphatic rings. The van der Waals surface area contributed by atoms with Crippen LogP contribution >= 0.6 is 20.4 Å². The zero-order chi connectivity index (χ0) is 5.91. The molecule has 0 spiro atoms. The zero-order valence-corrected chi connectivity index (χ0v) is 5.90. The van der Waals surface area contributed by atoms with E-state index < -0.39 is 7.94 Å². The number of halogens is 1. The molecule has 0 aromatic heterocycles. The van der Waals surface area contributed by atoms with E-state index in [0.717, 1.165) is 0 Å². The van der Waals surface area contributed by atoms with E-state index in [-0.39, 0.29) is 18.6 Å². The molecule has 0 radical (unpaired) electrons. The van der Waals surface area contributed by atoms with Crippen molar-refractivity contribution in [3.8, 4) is 0 Å². The smallest absolute Gasteiger partial charge is 0.193 e. The predicted octanol–water partition coefficient (Wildman–Crippen LogP) is 0.334. The molecule has 0 aliphatic carbocycles. The van der Waals surface area contributed by atoms with E-state index in [1.807, 2.05) is 0 Å². The Labute approximate surface area is 54.7 Å². The van der Waals surface area contributed by atoms with Gasteiger partial charge in [0, 0.05) is 0 Å². The second kappa shape index (κ2) is 4.24. The monoisotopic (exact) mass is 159 g/mol. The highest BCUT2D eigenvalue weighted by Crippen LogP contribution is 2.43. The summed E-state index contributed by atoms with van der Waals surface area (Å²) in [5.74, 6) is 0. The Balaban J connectivity index is 0. The Morgan fingerprint density at radius 1 is 1.38 bits per heavy atom. The molecule has 3 N–H and O–H groups in total. The first kappa shape index (κ1) is 11.2.